The molecule has 4 aromatic carbocycles. The Hall–Kier alpha value is -5.00. The minimum atomic E-state index is -5.81. The van der Waals surface area contributed by atoms with Crippen LogP contribution in [0.3, 0.4) is 0 Å². The molecule has 0 saturated carbocycles. The Morgan fingerprint density at radius 3 is 1.32 bits per heavy atom. The van der Waals surface area contributed by atoms with E-state index in [4.69, 9.17) is 20.3 Å². The number of hydrogen-bond acceptors (Lipinski definition) is 6. The molecule has 0 aliphatic carbocycles. The summed E-state index contributed by atoms with van der Waals surface area (Å²) < 4.78 is 100. The molecule has 208 valence electrons. The summed E-state index contributed by atoms with van der Waals surface area (Å²) in [7, 11) is 0. The zero-order chi connectivity index (χ0) is 29.2. The van der Waals surface area contributed by atoms with Gasteiger partial charge < -0.3 is 20.3 Å². The molecule has 0 unspecified atom stereocenters. The molecule has 6 aromatic rings. The average molecular weight is 568 g/mol. The molecule has 0 atom stereocenters. The lowest BCUT2D eigenvalue weighted by Gasteiger charge is -2.38. The zero-order valence-electron chi connectivity index (χ0n) is 20.7. The van der Waals surface area contributed by atoms with Crippen LogP contribution in [-0.4, -0.2) is 22.3 Å². The highest BCUT2D eigenvalue weighted by atomic mass is 19.4. The van der Waals surface area contributed by atoms with E-state index in [1.54, 1.807) is 36.4 Å². The van der Waals surface area contributed by atoms with Crippen LogP contribution in [0, 0.1) is 0 Å². The Balaban J connectivity index is 1.54. The van der Waals surface area contributed by atoms with Crippen molar-refractivity contribution in [3.8, 4) is 22.9 Å². The molecule has 6 rings (SSSR count). The van der Waals surface area contributed by atoms with Crippen molar-refractivity contribution >= 4 is 33.6 Å². The predicted octanol–water partition coefficient (Wildman–Crippen LogP) is 7.88. The summed E-state index contributed by atoms with van der Waals surface area (Å²) in [6.45, 7) is 0. The minimum absolute atomic E-state index is 0.00292. The van der Waals surface area contributed by atoms with E-state index >= 15 is 0 Å². The number of halogens is 6. The van der Waals surface area contributed by atoms with Crippen LogP contribution in [0.1, 0.15) is 11.1 Å². The number of rotatable bonds is 4. The van der Waals surface area contributed by atoms with Gasteiger partial charge in [0.2, 0.25) is 17.2 Å². The van der Waals surface area contributed by atoms with E-state index in [0.29, 0.717) is 22.5 Å². The third kappa shape index (κ3) is 4.22. The van der Waals surface area contributed by atoms with E-state index < -0.39 is 28.9 Å². The second kappa shape index (κ2) is 9.01. The van der Waals surface area contributed by atoms with Gasteiger partial charge in [-0.1, -0.05) is 24.3 Å². The van der Waals surface area contributed by atoms with Gasteiger partial charge in [0.1, 0.15) is 11.0 Å². The second-order valence-electron chi connectivity index (χ2n) is 9.40. The van der Waals surface area contributed by atoms with Gasteiger partial charge >= 0.3 is 12.4 Å². The molecular formula is C29H18F6N4O2. The number of anilines is 2. The Morgan fingerprint density at radius 1 is 0.537 bits per heavy atom. The maximum absolute atomic E-state index is 14.8. The van der Waals surface area contributed by atoms with E-state index in [1.165, 1.54) is 12.1 Å². The molecule has 6 nitrogen and oxygen atoms in total. The third-order valence-electron chi connectivity index (χ3n) is 6.76. The first-order valence-corrected chi connectivity index (χ1v) is 12.0. The van der Waals surface area contributed by atoms with E-state index in [0.717, 1.165) is 36.4 Å². The van der Waals surface area contributed by atoms with Gasteiger partial charge in [0.15, 0.2) is 11.2 Å². The molecule has 0 aliphatic heterocycles. The zero-order valence-corrected chi connectivity index (χ0v) is 20.7. The number of hydrogen-bond donors (Lipinski definition) is 2. The first-order valence-electron chi connectivity index (χ1n) is 12.0. The molecule has 41 heavy (non-hydrogen) atoms. The van der Waals surface area contributed by atoms with E-state index in [-0.39, 0.29) is 34.0 Å². The van der Waals surface area contributed by atoms with Gasteiger partial charge in [-0.2, -0.15) is 26.3 Å². The molecule has 0 amide bonds. The third-order valence-corrected chi connectivity index (χ3v) is 6.76. The fourth-order valence-corrected chi connectivity index (χ4v) is 4.89. The molecule has 0 saturated heterocycles. The Labute approximate surface area is 227 Å². The van der Waals surface area contributed by atoms with E-state index in [9.17, 15) is 26.3 Å². The number of alkyl halides is 6. The number of benzene rings is 4. The largest absolute Gasteiger partial charge is 0.436 e. The van der Waals surface area contributed by atoms with Gasteiger partial charge in [-0.15, -0.1) is 0 Å². The summed E-state index contributed by atoms with van der Waals surface area (Å²) in [5.74, 6) is -0.0145. The smallest absolute Gasteiger partial charge is 0.411 e. The van der Waals surface area contributed by atoms with Crippen LogP contribution in [-0.2, 0) is 5.41 Å². The van der Waals surface area contributed by atoms with Crippen LogP contribution in [0.5, 0.6) is 0 Å². The van der Waals surface area contributed by atoms with Crippen LogP contribution in [0.15, 0.2) is 93.8 Å². The molecule has 2 aromatic heterocycles. The molecule has 0 bridgehead atoms. The SMILES string of the molecule is Nc1cccc(-c2nc3cc(C(c4ccc5oc(-c6cccc(N)c6)nc5c4)(C(F)(F)F)C(F)(F)F)ccc3o2)c1. The number of nitrogens with zero attached hydrogens (tertiary/aromatic N) is 2. The van der Waals surface area contributed by atoms with E-state index in [1.807, 2.05) is 0 Å². The normalized spacial score (nSPS) is 12.8. The summed E-state index contributed by atoms with van der Waals surface area (Å²) in [5.41, 5.74) is 6.15. The minimum Gasteiger partial charge on any atom is -0.436 e. The van der Waals surface area contributed by atoms with Gasteiger partial charge in [0, 0.05) is 22.5 Å². The molecule has 2 heterocycles. The lowest BCUT2D eigenvalue weighted by Crippen LogP contribution is -2.54. The van der Waals surface area contributed by atoms with Crippen molar-refractivity contribution in [3.05, 3.63) is 96.1 Å². The molecular weight excluding hydrogens is 550 g/mol. The topological polar surface area (TPSA) is 104 Å². The number of oxazole rings is 2. The number of aromatic nitrogens is 2. The van der Waals surface area contributed by atoms with Crippen LogP contribution in [0.4, 0.5) is 37.7 Å². The summed E-state index contributed by atoms with van der Waals surface area (Å²) in [5, 5.41) is 0. The Bertz CT molecular complexity index is 1780. The van der Waals surface area contributed by atoms with Crippen molar-refractivity contribution in [1.82, 2.24) is 9.97 Å². The second-order valence-corrected chi connectivity index (χ2v) is 9.40. The quantitative estimate of drug-likeness (QED) is 0.166. The Kier molecular flexibility index (Phi) is 5.77. The standard InChI is InChI=1S/C29H18F6N4O2/c30-28(31,32)27(29(33,34)35,17-7-9-23-21(13-17)38-25(40-23)15-3-1-5-19(36)11-15)18-8-10-24-22(14-18)39-26(41-24)16-4-2-6-20(37)12-16/h1-14H,36-37H2. The van der Waals surface area contributed by atoms with Crippen LogP contribution < -0.4 is 11.5 Å². The van der Waals surface area contributed by atoms with Crippen molar-refractivity contribution in [2.75, 3.05) is 11.5 Å². The molecule has 12 heteroatoms. The van der Waals surface area contributed by atoms with Gasteiger partial charge in [-0.05, 0) is 71.8 Å². The lowest BCUT2D eigenvalue weighted by molar-refractivity contribution is -0.288. The molecule has 4 N–H and O–H groups in total. The van der Waals surface area contributed by atoms with Crippen molar-refractivity contribution in [3.63, 3.8) is 0 Å². The maximum atomic E-state index is 14.8. The lowest BCUT2D eigenvalue weighted by atomic mass is 9.72. The summed E-state index contributed by atoms with van der Waals surface area (Å²) >= 11 is 0. The molecule has 0 fully saturated rings. The number of fused-ring (bicyclic) bond motifs is 2. The molecule has 0 aliphatic rings. The van der Waals surface area contributed by atoms with Crippen molar-refractivity contribution < 1.29 is 35.2 Å². The number of nitrogens with two attached hydrogens (primary N) is 2. The fourth-order valence-electron chi connectivity index (χ4n) is 4.89. The van der Waals surface area contributed by atoms with Crippen molar-refractivity contribution in [2.24, 2.45) is 0 Å². The first-order chi connectivity index (χ1) is 19.4. The van der Waals surface area contributed by atoms with E-state index in [2.05, 4.69) is 9.97 Å². The Morgan fingerprint density at radius 2 is 0.951 bits per heavy atom. The van der Waals surface area contributed by atoms with Crippen LogP contribution >= 0.6 is 0 Å². The van der Waals surface area contributed by atoms with Crippen LogP contribution in [0.2, 0.25) is 0 Å². The summed E-state index contributed by atoms with van der Waals surface area (Å²) in [6, 6.07) is 17.7. The maximum Gasteiger partial charge on any atom is 0.411 e. The average Bonchev–Trinajstić information content (AvgIpc) is 3.51. The van der Waals surface area contributed by atoms with Gasteiger partial charge in [0.25, 0.3) is 0 Å². The predicted molar refractivity (Wildman–Crippen MR) is 141 cm³/mol. The van der Waals surface area contributed by atoms with Crippen LogP contribution in [0.25, 0.3) is 45.1 Å². The van der Waals surface area contributed by atoms with Crippen molar-refractivity contribution in [2.45, 2.75) is 17.8 Å². The highest BCUT2D eigenvalue weighted by molar-refractivity contribution is 5.80. The van der Waals surface area contributed by atoms with Gasteiger partial charge in [-0.3, -0.25) is 0 Å². The molecule has 0 spiro atoms. The molecule has 0 radical (unpaired) electrons. The van der Waals surface area contributed by atoms with Gasteiger partial charge in [0.05, 0.1) is 0 Å². The highest BCUT2D eigenvalue weighted by Gasteiger charge is 2.72. The van der Waals surface area contributed by atoms with Gasteiger partial charge in [-0.25, -0.2) is 9.97 Å². The fraction of sp³-hybridized carbons (Fsp3) is 0.103. The summed E-state index contributed by atoms with van der Waals surface area (Å²) in [4.78, 5) is 8.31. The number of nitrogen functional groups attached to an aromatic ring is 2. The summed E-state index contributed by atoms with van der Waals surface area (Å²) in [6.07, 6.45) is -11.6. The first kappa shape index (κ1) is 26.2. The van der Waals surface area contributed by atoms with Crippen molar-refractivity contribution in [1.29, 1.82) is 0 Å². The monoisotopic (exact) mass is 568 g/mol. The highest BCUT2D eigenvalue weighted by Crippen LogP contribution is 2.56.